The van der Waals surface area contributed by atoms with Gasteiger partial charge in [0.15, 0.2) is 9.84 Å². The molecule has 0 aromatic carbocycles. The minimum Gasteiger partial charge on any atom is -0.416 e. The molecule has 1 saturated heterocycles. The van der Waals surface area contributed by atoms with Crippen molar-refractivity contribution in [2.24, 2.45) is 11.8 Å². The van der Waals surface area contributed by atoms with E-state index < -0.39 is 9.84 Å². The van der Waals surface area contributed by atoms with Crippen LogP contribution >= 0.6 is 11.8 Å². The van der Waals surface area contributed by atoms with E-state index in [1.807, 2.05) is 0 Å². The zero-order valence-corrected chi connectivity index (χ0v) is 16.1. The lowest BCUT2D eigenvalue weighted by atomic mass is 9.86. The molecule has 0 bridgehead atoms. The Bertz CT molecular complexity index is 704. The van der Waals surface area contributed by atoms with E-state index in [9.17, 15) is 13.2 Å². The smallest absolute Gasteiger partial charge is 0.277 e. The number of amides is 1. The summed E-state index contributed by atoms with van der Waals surface area (Å²) in [6.07, 6.45) is 5.77. The Hall–Kier alpha value is -1.09. The van der Waals surface area contributed by atoms with Gasteiger partial charge in [-0.25, -0.2) is 8.42 Å². The van der Waals surface area contributed by atoms with Crippen LogP contribution in [-0.2, 0) is 21.1 Å². The van der Waals surface area contributed by atoms with Crippen LogP contribution in [0.25, 0.3) is 0 Å². The van der Waals surface area contributed by atoms with Gasteiger partial charge >= 0.3 is 0 Å². The average molecular weight is 388 g/mol. The molecule has 25 heavy (non-hydrogen) atoms. The van der Waals surface area contributed by atoms with E-state index >= 15 is 0 Å². The number of rotatable bonds is 6. The first-order valence-corrected chi connectivity index (χ1v) is 11.7. The molecule has 1 aromatic rings. The first-order chi connectivity index (χ1) is 11.9. The molecule has 2 aliphatic rings. The number of hydrogen-bond acceptors (Lipinski definition) is 7. The molecule has 0 radical (unpaired) electrons. The summed E-state index contributed by atoms with van der Waals surface area (Å²) in [5.41, 5.74) is 0. The van der Waals surface area contributed by atoms with Crippen molar-refractivity contribution in [2.75, 3.05) is 17.3 Å². The molecule has 1 aliphatic carbocycles. The Morgan fingerprint density at radius 1 is 1.28 bits per heavy atom. The summed E-state index contributed by atoms with van der Waals surface area (Å²) in [5.74, 6) is 1.71. The highest BCUT2D eigenvalue weighted by molar-refractivity contribution is 7.99. The van der Waals surface area contributed by atoms with Crippen molar-refractivity contribution in [1.29, 1.82) is 0 Å². The van der Waals surface area contributed by atoms with Gasteiger partial charge in [-0.3, -0.25) is 4.79 Å². The number of sulfone groups is 1. The van der Waals surface area contributed by atoms with Crippen LogP contribution in [0, 0.1) is 11.8 Å². The first kappa shape index (κ1) is 18.7. The molecule has 3 atom stereocenters. The second-order valence-electron chi connectivity index (χ2n) is 7.16. The summed E-state index contributed by atoms with van der Waals surface area (Å²) in [7, 11) is -2.90. The van der Waals surface area contributed by atoms with Gasteiger partial charge in [-0.05, 0) is 31.1 Å². The lowest BCUT2D eigenvalue weighted by Gasteiger charge is -2.29. The Kier molecular flexibility index (Phi) is 6.04. The Labute approximate surface area is 152 Å². The third kappa shape index (κ3) is 5.44. The van der Waals surface area contributed by atoms with Crippen molar-refractivity contribution in [1.82, 2.24) is 15.5 Å². The van der Waals surface area contributed by atoms with Crippen LogP contribution in [0.1, 0.15) is 44.9 Å². The summed E-state index contributed by atoms with van der Waals surface area (Å²) in [4.78, 5) is 12.1. The van der Waals surface area contributed by atoms with E-state index in [1.165, 1.54) is 31.0 Å². The second-order valence-corrected chi connectivity index (χ2v) is 10.3. The minimum absolute atomic E-state index is 0.00890. The van der Waals surface area contributed by atoms with Gasteiger partial charge in [-0.2, -0.15) is 0 Å². The molecule has 3 rings (SSSR count). The van der Waals surface area contributed by atoms with Crippen LogP contribution in [0.2, 0.25) is 0 Å². The van der Waals surface area contributed by atoms with Crippen molar-refractivity contribution in [2.45, 2.75) is 56.7 Å². The number of thioether (sulfide) groups is 1. The number of nitrogens with zero attached hydrogens (tertiary/aromatic N) is 2. The van der Waals surface area contributed by atoms with Gasteiger partial charge in [0.25, 0.3) is 5.22 Å². The van der Waals surface area contributed by atoms with Crippen molar-refractivity contribution in [3.63, 3.8) is 0 Å². The van der Waals surface area contributed by atoms with Gasteiger partial charge < -0.3 is 9.73 Å². The monoisotopic (exact) mass is 387 g/mol. The standard InChI is InChI=1S/C16H25N3O4S2/c1-11-4-2-3-5-13(11)17-14(20)9-24-16-19-18-15(23-16)8-12-6-7-25(21,22)10-12/h11-13H,2-10H2,1H3,(H,17,20)/t11-,12+,13+/m1/s1. The van der Waals surface area contributed by atoms with E-state index in [2.05, 4.69) is 22.4 Å². The van der Waals surface area contributed by atoms with Gasteiger partial charge in [0.05, 0.1) is 17.3 Å². The molecule has 1 saturated carbocycles. The molecular weight excluding hydrogens is 362 g/mol. The maximum Gasteiger partial charge on any atom is 0.277 e. The maximum atomic E-state index is 12.1. The minimum atomic E-state index is -2.90. The summed E-state index contributed by atoms with van der Waals surface area (Å²) in [6.45, 7) is 2.19. The van der Waals surface area contributed by atoms with Crippen LogP contribution in [0.4, 0.5) is 0 Å². The fraction of sp³-hybridized carbons (Fsp3) is 0.812. The average Bonchev–Trinajstić information content (AvgIpc) is 3.14. The fourth-order valence-corrected chi connectivity index (χ4v) is 6.02. The number of aromatic nitrogens is 2. The highest BCUT2D eigenvalue weighted by Gasteiger charge is 2.29. The Morgan fingerprint density at radius 2 is 2.08 bits per heavy atom. The van der Waals surface area contributed by atoms with Crippen LogP contribution in [0.5, 0.6) is 0 Å². The molecule has 2 fully saturated rings. The van der Waals surface area contributed by atoms with Crippen molar-refractivity contribution in [3.8, 4) is 0 Å². The Morgan fingerprint density at radius 3 is 2.80 bits per heavy atom. The molecule has 140 valence electrons. The normalized spacial score (nSPS) is 28.8. The van der Waals surface area contributed by atoms with Gasteiger partial charge in [-0.15, -0.1) is 10.2 Å². The fourth-order valence-electron chi connectivity index (χ4n) is 3.57. The van der Waals surface area contributed by atoms with E-state index in [-0.39, 0.29) is 35.1 Å². The predicted molar refractivity (Wildman–Crippen MR) is 95.0 cm³/mol. The highest BCUT2D eigenvalue weighted by atomic mass is 32.2. The molecule has 7 nitrogen and oxygen atoms in total. The van der Waals surface area contributed by atoms with Gasteiger partial charge in [0.1, 0.15) is 0 Å². The van der Waals surface area contributed by atoms with Gasteiger partial charge in [0, 0.05) is 12.5 Å². The van der Waals surface area contributed by atoms with E-state index in [0.29, 0.717) is 29.9 Å². The van der Waals surface area contributed by atoms with Crippen molar-refractivity contribution >= 4 is 27.5 Å². The van der Waals surface area contributed by atoms with Crippen molar-refractivity contribution in [3.05, 3.63) is 5.89 Å². The second kappa shape index (κ2) is 8.07. The molecule has 0 spiro atoms. The molecule has 1 amide bonds. The largest absolute Gasteiger partial charge is 0.416 e. The molecule has 1 N–H and O–H groups in total. The highest BCUT2D eigenvalue weighted by Crippen LogP contribution is 2.25. The van der Waals surface area contributed by atoms with Gasteiger partial charge in [0.2, 0.25) is 11.8 Å². The number of nitrogens with one attached hydrogen (secondary N) is 1. The van der Waals surface area contributed by atoms with Gasteiger partial charge in [-0.1, -0.05) is 31.5 Å². The summed E-state index contributed by atoms with van der Waals surface area (Å²) in [6, 6.07) is 0.268. The molecular formula is C16H25N3O4S2. The third-order valence-electron chi connectivity index (χ3n) is 5.02. The SMILES string of the molecule is C[C@@H]1CCCC[C@@H]1NC(=O)CSc1nnc(C[C@@H]2CCS(=O)(=O)C2)o1. The quantitative estimate of drug-likeness (QED) is 0.743. The molecule has 2 heterocycles. The van der Waals surface area contributed by atoms with Crippen LogP contribution < -0.4 is 5.32 Å². The molecule has 1 aromatic heterocycles. The van der Waals surface area contributed by atoms with Crippen LogP contribution in [0.15, 0.2) is 9.64 Å². The maximum absolute atomic E-state index is 12.1. The van der Waals surface area contributed by atoms with E-state index in [0.717, 1.165) is 6.42 Å². The summed E-state index contributed by atoms with van der Waals surface area (Å²) < 4.78 is 28.5. The predicted octanol–water partition coefficient (Wildman–Crippen LogP) is 1.83. The molecule has 1 aliphatic heterocycles. The zero-order chi connectivity index (χ0) is 17.9. The number of carbonyl (C=O) groups is 1. The van der Waals surface area contributed by atoms with Crippen LogP contribution in [0.3, 0.4) is 0 Å². The summed E-state index contributed by atoms with van der Waals surface area (Å²) >= 11 is 1.23. The molecule has 9 heteroatoms. The van der Waals surface area contributed by atoms with Crippen LogP contribution in [-0.4, -0.2) is 47.8 Å². The van der Waals surface area contributed by atoms with E-state index in [4.69, 9.17) is 4.42 Å². The Balaban J connectivity index is 1.43. The van der Waals surface area contributed by atoms with Crippen molar-refractivity contribution < 1.29 is 17.6 Å². The summed E-state index contributed by atoms with van der Waals surface area (Å²) in [5, 5.41) is 11.4. The first-order valence-electron chi connectivity index (χ1n) is 8.86. The zero-order valence-electron chi connectivity index (χ0n) is 14.4. The number of carbonyl (C=O) groups excluding carboxylic acids is 1. The molecule has 0 unspecified atom stereocenters. The van der Waals surface area contributed by atoms with E-state index in [1.54, 1.807) is 0 Å². The lowest BCUT2D eigenvalue weighted by molar-refractivity contribution is -0.119. The third-order valence-corrected chi connectivity index (χ3v) is 7.68. The lowest BCUT2D eigenvalue weighted by Crippen LogP contribution is -2.41. The number of hydrogen-bond donors (Lipinski definition) is 1. The topological polar surface area (TPSA) is 102 Å².